The van der Waals surface area contributed by atoms with Gasteiger partial charge in [0, 0.05) is 47.0 Å². The van der Waals surface area contributed by atoms with Crippen LogP contribution in [0.2, 0.25) is 0 Å². The summed E-state index contributed by atoms with van der Waals surface area (Å²) < 4.78 is 13.6. The van der Waals surface area contributed by atoms with Crippen LogP contribution in [0.3, 0.4) is 0 Å². The zero-order valence-corrected chi connectivity index (χ0v) is 16.9. The molecule has 1 aromatic heterocycles. The Morgan fingerprint density at radius 2 is 1.87 bits per heavy atom. The molecule has 2 heterocycles. The Morgan fingerprint density at radius 3 is 2.53 bits per heavy atom. The largest absolute Gasteiger partial charge is 0.371 e. The molecule has 2 aromatic carbocycles. The molecule has 7 heteroatoms. The summed E-state index contributed by atoms with van der Waals surface area (Å²) in [6, 6.07) is 12.2. The number of rotatable bonds is 5. The lowest BCUT2D eigenvalue weighted by molar-refractivity contribution is -0.122. The Kier molecular flexibility index (Phi) is 5.44. The number of benzene rings is 2. The monoisotopic (exact) mass is 408 g/mol. The van der Waals surface area contributed by atoms with Gasteiger partial charge in [-0.2, -0.15) is 0 Å². The van der Waals surface area contributed by atoms with Crippen LogP contribution in [0.4, 0.5) is 15.8 Å². The van der Waals surface area contributed by atoms with Gasteiger partial charge >= 0.3 is 0 Å². The standard InChI is InChI=1S/C23H25FN4O2/c1-14-19(20-12-16(24)2-7-21(20)26-14)13-22(29)27-17-3-5-18(6-4-17)28-10-8-15(9-11-28)23(25)30/h2-7,12,15,26H,8-11,13H2,1H3,(H2,25,30)(H,27,29). The number of aryl methyl sites for hydroxylation is 1. The van der Waals surface area contributed by atoms with E-state index in [1.807, 2.05) is 31.2 Å². The van der Waals surface area contributed by atoms with Crippen molar-refractivity contribution in [1.82, 2.24) is 4.98 Å². The van der Waals surface area contributed by atoms with Crippen LogP contribution in [0, 0.1) is 18.7 Å². The van der Waals surface area contributed by atoms with Crippen LogP contribution in [0.1, 0.15) is 24.1 Å². The number of primary amides is 1. The molecule has 1 fully saturated rings. The maximum absolute atomic E-state index is 13.6. The van der Waals surface area contributed by atoms with Gasteiger partial charge in [-0.1, -0.05) is 0 Å². The van der Waals surface area contributed by atoms with Crippen LogP contribution in [-0.4, -0.2) is 29.9 Å². The van der Waals surface area contributed by atoms with Crippen molar-refractivity contribution in [3.63, 3.8) is 0 Å². The number of halogens is 1. The summed E-state index contributed by atoms with van der Waals surface area (Å²) in [5.74, 6) is -0.737. The van der Waals surface area contributed by atoms with E-state index in [1.165, 1.54) is 12.1 Å². The molecule has 1 aliphatic heterocycles. The molecule has 4 N–H and O–H groups in total. The van der Waals surface area contributed by atoms with Crippen LogP contribution < -0.4 is 16.0 Å². The van der Waals surface area contributed by atoms with Crippen molar-refractivity contribution in [2.75, 3.05) is 23.3 Å². The Labute approximate surface area is 174 Å². The summed E-state index contributed by atoms with van der Waals surface area (Å²) >= 11 is 0. The zero-order valence-electron chi connectivity index (χ0n) is 16.9. The van der Waals surface area contributed by atoms with Gasteiger partial charge in [0.1, 0.15) is 5.82 Å². The molecule has 3 aromatic rings. The van der Waals surface area contributed by atoms with Crippen molar-refractivity contribution in [3.05, 3.63) is 59.5 Å². The van der Waals surface area contributed by atoms with E-state index < -0.39 is 0 Å². The summed E-state index contributed by atoms with van der Waals surface area (Å²) in [5.41, 5.74) is 9.64. The van der Waals surface area contributed by atoms with Gasteiger partial charge in [-0.15, -0.1) is 0 Å². The first kappa shape index (κ1) is 19.9. The van der Waals surface area contributed by atoms with Crippen LogP contribution in [-0.2, 0) is 16.0 Å². The Morgan fingerprint density at radius 1 is 1.17 bits per heavy atom. The highest BCUT2D eigenvalue weighted by Crippen LogP contribution is 2.26. The molecule has 0 spiro atoms. The second-order valence-electron chi connectivity index (χ2n) is 7.85. The maximum Gasteiger partial charge on any atom is 0.228 e. The van der Waals surface area contributed by atoms with Crippen molar-refractivity contribution in [3.8, 4) is 0 Å². The van der Waals surface area contributed by atoms with Crippen LogP contribution in [0.5, 0.6) is 0 Å². The maximum atomic E-state index is 13.6. The Hall–Kier alpha value is -3.35. The van der Waals surface area contributed by atoms with Gasteiger partial charge < -0.3 is 20.9 Å². The van der Waals surface area contributed by atoms with Crippen molar-refractivity contribution >= 4 is 34.1 Å². The number of nitrogens with two attached hydrogens (primary N) is 1. The van der Waals surface area contributed by atoms with Crippen LogP contribution in [0.25, 0.3) is 10.9 Å². The number of H-pyrrole nitrogens is 1. The normalized spacial score (nSPS) is 14.8. The van der Waals surface area contributed by atoms with Gasteiger partial charge in [-0.05, 0) is 67.8 Å². The number of piperidine rings is 1. The number of hydrogen-bond donors (Lipinski definition) is 3. The smallest absolute Gasteiger partial charge is 0.228 e. The molecule has 0 unspecified atom stereocenters. The highest BCUT2D eigenvalue weighted by Gasteiger charge is 2.23. The lowest BCUT2D eigenvalue weighted by Gasteiger charge is -2.32. The molecular formula is C23H25FN4O2. The van der Waals surface area contributed by atoms with Crippen LogP contribution >= 0.6 is 0 Å². The fraction of sp³-hybridized carbons (Fsp3) is 0.304. The highest BCUT2D eigenvalue weighted by atomic mass is 19.1. The fourth-order valence-corrected chi connectivity index (χ4v) is 4.13. The van der Waals surface area contributed by atoms with Gasteiger partial charge in [0.2, 0.25) is 11.8 Å². The van der Waals surface area contributed by atoms with E-state index in [-0.39, 0.29) is 30.0 Å². The fourth-order valence-electron chi connectivity index (χ4n) is 4.13. The molecule has 1 saturated heterocycles. The van der Waals surface area contributed by atoms with E-state index in [9.17, 15) is 14.0 Å². The SMILES string of the molecule is Cc1[nH]c2ccc(F)cc2c1CC(=O)Nc1ccc(N2CCC(C(N)=O)CC2)cc1. The average Bonchev–Trinajstić information content (AvgIpc) is 3.03. The zero-order chi connectivity index (χ0) is 21.3. The number of aromatic amines is 1. The van der Waals surface area contributed by atoms with Crippen molar-refractivity contribution in [2.45, 2.75) is 26.2 Å². The van der Waals surface area contributed by atoms with Gasteiger partial charge in [-0.25, -0.2) is 4.39 Å². The summed E-state index contributed by atoms with van der Waals surface area (Å²) in [6.45, 7) is 3.46. The molecule has 0 radical (unpaired) electrons. The first-order valence-electron chi connectivity index (χ1n) is 10.1. The van der Waals surface area contributed by atoms with Gasteiger partial charge in [0.05, 0.1) is 6.42 Å². The van der Waals surface area contributed by atoms with Gasteiger partial charge in [-0.3, -0.25) is 9.59 Å². The van der Waals surface area contributed by atoms with Gasteiger partial charge in [0.15, 0.2) is 0 Å². The third kappa shape index (κ3) is 4.15. The summed E-state index contributed by atoms with van der Waals surface area (Å²) in [7, 11) is 0. The Bertz CT molecular complexity index is 1080. The molecule has 0 saturated carbocycles. The minimum atomic E-state index is -0.321. The summed E-state index contributed by atoms with van der Waals surface area (Å²) in [6.07, 6.45) is 1.69. The number of amides is 2. The molecule has 30 heavy (non-hydrogen) atoms. The molecule has 0 bridgehead atoms. The number of fused-ring (bicyclic) bond motifs is 1. The summed E-state index contributed by atoms with van der Waals surface area (Å²) in [4.78, 5) is 29.3. The third-order valence-electron chi connectivity index (χ3n) is 5.83. The van der Waals surface area contributed by atoms with E-state index in [4.69, 9.17) is 5.73 Å². The molecule has 2 amide bonds. The van der Waals surface area contributed by atoms with E-state index >= 15 is 0 Å². The number of nitrogens with one attached hydrogen (secondary N) is 2. The van der Waals surface area contributed by atoms with Crippen molar-refractivity contribution in [2.24, 2.45) is 11.7 Å². The third-order valence-corrected chi connectivity index (χ3v) is 5.83. The lowest BCUT2D eigenvalue weighted by atomic mass is 9.96. The number of carbonyl (C=O) groups is 2. The number of aromatic nitrogens is 1. The minimum Gasteiger partial charge on any atom is -0.371 e. The lowest BCUT2D eigenvalue weighted by Crippen LogP contribution is -2.38. The second-order valence-corrected chi connectivity index (χ2v) is 7.85. The number of anilines is 2. The van der Waals surface area contributed by atoms with E-state index in [0.29, 0.717) is 5.69 Å². The van der Waals surface area contributed by atoms with Crippen LogP contribution in [0.15, 0.2) is 42.5 Å². The number of carbonyl (C=O) groups excluding carboxylic acids is 2. The molecule has 0 aliphatic carbocycles. The van der Waals surface area contributed by atoms with Gasteiger partial charge in [0.25, 0.3) is 0 Å². The molecular weight excluding hydrogens is 383 g/mol. The second kappa shape index (κ2) is 8.18. The quantitative estimate of drug-likeness (QED) is 0.603. The average molecular weight is 408 g/mol. The predicted molar refractivity (Wildman–Crippen MR) is 116 cm³/mol. The minimum absolute atomic E-state index is 0.0405. The van der Waals surface area contributed by atoms with E-state index in [2.05, 4.69) is 15.2 Å². The van der Waals surface area contributed by atoms with E-state index in [1.54, 1.807) is 6.07 Å². The molecule has 1 aliphatic rings. The first-order chi connectivity index (χ1) is 14.4. The highest BCUT2D eigenvalue weighted by molar-refractivity contribution is 5.96. The number of hydrogen-bond acceptors (Lipinski definition) is 3. The predicted octanol–water partition coefficient (Wildman–Crippen LogP) is 3.50. The van der Waals surface area contributed by atoms with E-state index in [0.717, 1.165) is 53.8 Å². The van der Waals surface area contributed by atoms with Crippen molar-refractivity contribution in [1.29, 1.82) is 0 Å². The number of nitrogens with zero attached hydrogens (tertiary/aromatic N) is 1. The molecule has 4 rings (SSSR count). The molecule has 6 nitrogen and oxygen atoms in total. The summed E-state index contributed by atoms with van der Waals surface area (Å²) in [5, 5.41) is 3.65. The Balaban J connectivity index is 1.39. The topological polar surface area (TPSA) is 91.2 Å². The van der Waals surface area contributed by atoms with Crippen molar-refractivity contribution < 1.29 is 14.0 Å². The molecule has 156 valence electrons. The first-order valence-corrected chi connectivity index (χ1v) is 10.1. The molecule has 0 atom stereocenters.